The summed E-state index contributed by atoms with van der Waals surface area (Å²) in [4.78, 5) is 21.4. The predicted molar refractivity (Wildman–Crippen MR) is 97.6 cm³/mol. The van der Waals surface area contributed by atoms with Gasteiger partial charge in [-0.15, -0.1) is 0 Å². The average Bonchev–Trinajstić information content (AvgIpc) is 2.68. The molecule has 2 aliphatic rings. The molecule has 0 N–H and O–H groups in total. The van der Waals surface area contributed by atoms with Crippen molar-refractivity contribution in [1.82, 2.24) is 9.88 Å². The molecule has 0 radical (unpaired) electrons. The maximum atomic E-state index is 12.7. The van der Waals surface area contributed by atoms with Crippen LogP contribution in [0, 0.1) is 0 Å². The summed E-state index contributed by atoms with van der Waals surface area (Å²) in [5, 5.41) is 1.13. The highest BCUT2D eigenvalue weighted by Gasteiger charge is 2.31. The zero-order valence-electron chi connectivity index (χ0n) is 13.6. The minimum atomic E-state index is -0.367. The first-order valence-corrected chi connectivity index (χ1v) is 9.55. The van der Waals surface area contributed by atoms with E-state index in [2.05, 4.69) is 16.0 Å². The molecule has 2 saturated heterocycles. The molecule has 3 heterocycles. The van der Waals surface area contributed by atoms with E-state index in [1.165, 1.54) is 0 Å². The van der Waals surface area contributed by atoms with Crippen LogP contribution < -0.4 is 4.90 Å². The highest BCUT2D eigenvalue weighted by atomic mass is 32.2. The van der Waals surface area contributed by atoms with Gasteiger partial charge in [0.05, 0.1) is 18.7 Å². The van der Waals surface area contributed by atoms with Gasteiger partial charge in [0.15, 0.2) is 6.10 Å². The van der Waals surface area contributed by atoms with Crippen LogP contribution in [0.5, 0.6) is 0 Å². The van der Waals surface area contributed by atoms with Gasteiger partial charge < -0.3 is 14.5 Å². The van der Waals surface area contributed by atoms with Crippen molar-refractivity contribution >= 4 is 34.3 Å². The van der Waals surface area contributed by atoms with Crippen LogP contribution in [0.3, 0.4) is 0 Å². The Hall–Kier alpha value is -1.79. The SMILES string of the molecule is O=C(C1CN(c2ccnc3ccccc23)CCO1)N1CCSCC1. The van der Waals surface area contributed by atoms with Crippen LogP contribution in [0.2, 0.25) is 0 Å². The van der Waals surface area contributed by atoms with Crippen molar-refractivity contribution in [3.05, 3.63) is 36.5 Å². The summed E-state index contributed by atoms with van der Waals surface area (Å²) >= 11 is 1.91. The molecule has 4 rings (SSSR count). The topological polar surface area (TPSA) is 45.7 Å². The van der Waals surface area contributed by atoms with E-state index in [9.17, 15) is 4.79 Å². The van der Waals surface area contributed by atoms with E-state index in [-0.39, 0.29) is 12.0 Å². The number of morpholine rings is 1. The van der Waals surface area contributed by atoms with Crippen molar-refractivity contribution in [2.45, 2.75) is 6.10 Å². The number of hydrogen-bond donors (Lipinski definition) is 0. The third kappa shape index (κ3) is 3.08. The summed E-state index contributed by atoms with van der Waals surface area (Å²) in [5.41, 5.74) is 2.12. The molecule has 6 heteroatoms. The summed E-state index contributed by atoms with van der Waals surface area (Å²) in [6.07, 6.45) is 1.47. The summed E-state index contributed by atoms with van der Waals surface area (Å²) in [5.74, 6) is 2.19. The second-order valence-corrected chi connectivity index (χ2v) is 7.32. The van der Waals surface area contributed by atoms with E-state index in [1.807, 2.05) is 47.1 Å². The van der Waals surface area contributed by atoms with Crippen LogP contribution >= 0.6 is 11.8 Å². The fourth-order valence-electron chi connectivity index (χ4n) is 3.36. The number of aromatic nitrogens is 1. The van der Waals surface area contributed by atoms with Crippen LogP contribution in [0.25, 0.3) is 10.9 Å². The van der Waals surface area contributed by atoms with Gasteiger partial charge >= 0.3 is 0 Å². The number of rotatable bonds is 2. The lowest BCUT2D eigenvalue weighted by molar-refractivity contribution is -0.144. The zero-order valence-corrected chi connectivity index (χ0v) is 14.4. The highest BCUT2D eigenvalue weighted by molar-refractivity contribution is 7.99. The molecule has 1 atom stereocenters. The minimum absolute atomic E-state index is 0.137. The van der Waals surface area contributed by atoms with Crippen LogP contribution in [0.15, 0.2) is 36.5 Å². The Morgan fingerprint density at radius 3 is 2.88 bits per heavy atom. The Labute approximate surface area is 146 Å². The number of ether oxygens (including phenoxy) is 1. The van der Waals surface area contributed by atoms with Crippen molar-refractivity contribution < 1.29 is 9.53 Å². The van der Waals surface area contributed by atoms with Crippen LogP contribution in [0.4, 0.5) is 5.69 Å². The molecule has 1 aromatic heterocycles. The number of hydrogen-bond acceptors (Lipinski definition) is 5. The number of pyridine rings is 1. The molecule has 2 aliphatic heterocycles. The maximum Gasteiger partial charge on any atom is 0.253 e. The van der Waals surface area contributed by atoms with E-state index in [0.717, 1.165) is 47.7 Å². The number of para-hydroxylation sites is 1. The summed E-state index contributed by atoms with van der Waals surface area (Å²) in [7, 11) is 0. The number of fused-ring (bicyclic) bond motifs is 1. The highest BCUT2D eigenvalue weighted by Crippen LogP contribution is 2.27. The van der Waals surface area contributed by atoms with E-state index in [0.29, 0.717) is 13.2 Å². The van der Waals surface area contributed by atoms with Gasteiger partial charge in [-0.1, -0.05) is 18.2 Å². The fraction of sp³-hybridized carbons (Fsp3) is 0.444. The maximum absolute atomic E-state index is 12.7. The molecule has 2 aromatic rings. The van der Waals surface area contributed by atoms with E-state index >= 15 is 0 Å². The van der Waals surface area contributed by atoms with Gasteiger partial charge in [-0.25, -0.2) is 0 Å². The Balaban J connectivity index is 1.55. The Bertz CT molecular complexity index is 728. The van der Waals surface area contributed by atoms with Crippen molar-refractivity contribution in [3.8, 4) is 0 Å². The van der Waals surface area contributed by atoms with Crippen molar-refractivity contribution in [2.75, 3.05) is 49.2 Å². The van der Waals surface area contributed by atoms with Crippen molar-refractivity contribution in [3.63, 3.8) is 0 Å². The molecule has 24 heavy (non-hydrogen) atoms. The van der Waals surface area contributed by atoms with E-state index in [4.69, 9.17) is 4.74 Å². The zero-order chi connectivity index (χ0) is 16.4. The third-order valence-electron chi connectivity index (χ3n) is 4.63. The van der Waals surface area contributed by atoms with Crippen LogP contribution in [-0.4, -0.2) is 66.2 Å². The van der Waals surface area contributed by atoms with Crippen LogP contribution in [-0.2, 0) is 9.53 Å². The molecular formula is C18H21N3O2S. The summed E-state index contributed by atoms with van der Waals surface area (Å²) in [6.45, 7) is 3.66. The monoisotopic (exact) mass is 343 g/mol. The molecule has 0 aliphatic carbocycles. The number of carbonyl (C=O) groups is 1. The molecular weight excluding hydrogens is 322 g/mol. The van der Waals surface area contributed by atoms with E-state index < -0.39 is 0 Å². The van der Waals surface area contributed by atoms with Gasteiger partial charge in [0, 0.05) is 48.4 Å². The van der Waals surface area contributed by atoms with Gasteiger partial charge in [0.2, 0.25) is 0 Å². The van der Waals surface area contributed by atoms with E-state index in [1.54, 1.807) is 0 Å². The van der Waals surface area contributed by atoms with Gasteiger partial charge in [-0.05, 0) is 12.1 Å². The lowest BCUT2D eigenvalue weighted by Crippen LogP contribution is -2.52. The predicted octanol–water partition coefficient (Wildman–Crippen LogP) is 2.02. The Kier molecular flexibility index (Phi) is 4.58. The van der Waals surface area contributed by atoms with Gasteiger partial charge in [-0.3, -0.25) is 9.78 Å². The number of nitrogens with zero attached hydrogens (tertiary/aromatic N) is 3. The van der Waals surface area contributed by atoms with Gasteiger partial charge in [0.25, 0.3) is 5.91 Å². The second-order valence-electron chi connectivity index (χ2n) is 6.09. The first-order chi connectivity index (χ1) is 11.8. The molecule has 0 saturated carbocycles. The molecule has 0 spiro atoms. The number of amides is 1. The summed E-state index contributed by atoms with van der Waals surface area (Å²) < 4.78 is 5.80. The number of carbonyl (C=O) groups excluding carboxylic acids is 1. The standard InChI is InChI=1S/C18H21N3O2S/c22-18(20-8-11-24-12-9-20)17-13-21(7-10-23-17)16-5-6-19-15-4-2-1-3-14(15)16/h1-6,17H,7-13H2. The molecule has 1 unspecified atom stereocenters. The lowest BCUT2D eigenvalue weighted by atomic mass is 10.1. The molecule has 126 valence electrons. The number of anilines is 1. The normalized spacial score (nSPS) is 21.9. The first kappa shape index (κ1) is 15.7. The molecule has 5 nitrogen and oxygen atoms in total. The first-order valence-electron chi connectivity index (χ1n) is 8.40. The van der Waals surface area contributed by atoms with Crippen molar-refractivity contribution in [2.24, 2.45) is 0 Å². The number of thioether (sulfide) groups is 1. The second kappa shape index (κ2) is 6.99. The Morgan fingerprint density at radius 1 is 1.17 bits per heavy atom. The Morgan fingerprint density at radius 2 is 2.00 bits per heavy atom. The quantitative estimate of drug-likeness (QED) is 0.835. The van der Waals surface area contributed by atoms with Crippen molar-refractivity contribution in [1.29, 1.82) is 0 Å². The fourth-order valence-corrected chi connectivity index (χ4v) is 4.26. The minimum Gasteiger partial charge on any atom is -0.365 e. The molecule has 1 amide bonds. The molecule has 0 bridgehead atoms. The van der Waals surface area contributed by atoms with Gasteiger partial charge in [0.1, 0.15) is 0 Å². The summed E-state index contributed by atoms with van der Waals surface area (Å²) in [6, 6.07) is 10.2. The smallest absolute Gasteiger partial charge is 0.253 e. The molecule has 1 aromatic carbocycles. The largest absolute Gasteiger partial charge is 0.365 e. The third-order valence-corrected chi connectivity index (χ3v) is 5.57. The number of benzene rings is 1. The average molecular weight is 343 g/mol. The molecule has 2 fully saturated rings. The van der Waals surface area contributed by atoms with Gasteiger partial charge in [-0.2, -0.15) is 11.8 Å². The lowest BCUT2D eigenvalue weighted by Gasteiger charge is -2.37. The van der Waals surface area contributed by atoms with Crippen LogP contribution in [0.1, 0.15) is 0 Å².